The molecule has 194 valence electrons. The van der Waals surface area contributed by atoms with E-state index < -0.39 is 17.4 Å². The number of carbonyl (C=O) groups excluding carboxylic acids is 2. The summed E-state index contributed by atoms with van der Waals surface area (Å²) >= 11 is 0. The molecule has 2 rings (SSSR count). The number of nitrogens with zero attached hydrogens (tertiary/aromatic N) is 1. The van der Waals surface area contributed by atoms with Crippen molar-refractivity contribution in [2.75, 3.05) is 13.2 Å². The molecule has 0 amide bonds. The molecule has 5 heteroatoms. The van der Waals surface area contributed by atoms with E-state index in [2.05, 4.69) is 44.8 Å². The second-order valence-corrected chi connectivity index (χ2v) is 11.0. The first-order chi connectivity index (χ1) is 16.9. The number of hydrogen-bond donors (Lipinski definition) is 0. The Kier molecular flexibility index (Phi) is 10.6. The second kappa shape index (κ2) is 13.2. The monoisotopic (exact) mass is 491 g/mol. The summed E-state index contributed by atoms with van der Waals surface area (Å²) in [6, 6.07) is 3.32. The Balaban J connectivity index is 1.83. The lowest BCUT2D eigenvalue weighted by Gasteiger charge is -2.32. The summed E-state index contributed by atoms with van der Waals surface area (Å²) in [6.07, 6.45) is 18.4. The van der Waals surface area contributed by atoms with Gasteiger partial charge in [0.15, 0.2) is 0 Å². The van der Waals surface area contributed by atoms with Gasteiger partial charge in [-0.1, -0.05) is 69.2 Å². The van der Waals surface area contributed by atoms with Crippen LogP contribution in [0.2, 0.25) is 0 Å². The van der Waals surface area contributed by atoms with Gasteiger partial charge in [-0.3, -0.25) is 4.98 Å². The first kappa shape index (κ1) is 29.0. The van der Waals surface area contributed by atoms with E-state index in [0.29, 0.717) is 5.56 Å². The van der Waals surface area contributed by atoms with Crippen LogP contribution in [-0.2, 0) is 14.3 Å². The van der Waals surface area contributed by atoms with E-state index in [-0.39, 0.29) is 18.6 Å². The van der Waals surface area contributed by atoms with Crippen molar-refractivity contribution in [2.45, 2.75) is 67.7 Å². The zero-order valence-electron chi connectivity index (χ0n) is 22.9. The van der Waals surface area contributed by atoms with Crippen molar-refractivity contribution in [1.29, 1.82) is 0 Å². The van der Waals surface area contributed by atoms with Crippen molar-refractivity contribution >= 4 is 11.9 Å². The standard InChI is InChI=1S/C31H41NO4/c1-23(15-16-27-25(3)13-9-17-31(27,6)7)11-8-12-24(2)19-28(33)35-21-30(4,5)22-36-29(34)26-14-10-18-32-20-26/h8,10-12,14-16,18-20H,9,13,17,21-22H2,1-7H3/b12-8+,16-15+,23-11+,24-19+. The Bertz CT molecular complexity index is 1070. The van der Waals surface area contributed by atoms with Gasteiger partial charge in [0.05, 0.1) is 18.8 Å². The van der Waals surface area contributed by atoms with Gasteiger partial charge in [-0.15, -0.1) is 0 Å². The lowest BCUT2D eigenvalue weighted by Crippen LogP contribution is -2.28. The van der Waals surface area contributed by atoms with E-state index >= 15 is 0 Å². The molecule has 0 unspecified atom stereocenters. The quantitative estimate of drug-likeness (QED) is 0.195. The largest absolute Gasteiger partial charge is 0.462 e. The molecule has 0 atom stereocenters. The van der Waals surface area contributed by atoms with Crippen molar-refractivity contribution in [3.63, 3.8) is 0 Å². The highest BCUT2D eigenvalue weighted by molar-refractivity contribution is 5.88. The van der Waals surface area contributed by atoms with Crippen LogP contribution in [0.15, 0.2) is 83.3 Å². The summed E-state index contributed by atoms with van der Waals surface area (Å²) in [5.74, 6) is -0.873. The summed E-state index contributed by atoms with van der Waals surface area (Å²) in [4.78, 5) is 28.2. The molecule has 0 N–H and O–H groups in total. The van der Waals surface area contributed by atoms with Crippen LogP contribution >= 0.6 is 0 Å². The molecular formula is C31H41NO4. The fourth-order valence-corrected chi connectivity index (χ4v) is 4.04. The molecule has 1 aliphatic carbocycles. The molecule has 5 nitrogen and oxygen atoms in total. The SMILES string of the molecule is CC1=C(/C=C/C(C)=C/C=C/C(C)=C/C(=O)OCC(C)(C)COC(=O)c2cccnc2)C(C)(C)CCC1. The smallest absolute Gasteiger partial charge is 0.339 e. The van der Waals surface area contributed by atoms with E-state index in [1.54, 1.807) is 18.3 Å². The number of esters is 2. The second-order valence-electron chi connectivity index (χ2n) is 11.0. The molecule has 0 spiro atoms. The first-order valence-corrected chi connectivity index (χ1v) is 12.6. The maximum Gasteiger partial charge on any atom is 0.339 e. The third-order valence-electron chi connectivity index (χ3n) is 6.22. The van der Waals surface area contributed by atoms with Gasteiger partial charge in [-0.25, -0.2) is 9.59 Å². The molecule has 36 heavy (non-hydrogen) atoms. The Morgan fingerprint density at radius 1 is 1.11 bits per heavy atom. The highest BCUT2D eigenvalue weighted by Gasteiger charge is 2.26. The van der Waals surface area contributed by atoms with Gasteiger partial charge in [-0.2, -0.15) is 0 Å². The number of aromatic nitrogens is 1. The highest BCUT2D eigenvalue weighted by atomic mass is 16.5. The van der Waals surface area contributed by atoms with Crippen LogP contribution in [0.25, 0.3) is 0 Å². The molecule has 1 aliphatic rings. The van der Waals surface area contributed by atoms with Gasteiger partial charge in [0, 0.05) is 23.9 Å². The molecule has 1 aromatic heterocycles. The zero-order chi connectivity index (χ0) is 26.8. The van der Waals surface area contributed by atoms with Crippen molar-refractivity contribution in [3.05, 3.63) is 88.8 Å². The number of pyridine rings is 1. The molecular weight excluding hydrogens is 450 g/mol. The third-order valence-corrected chi connectivity index (χ3v) is 6.22. The van der Waals surface area contributed by atoms with Gasteiger partial charge in [0.2, 0.25) is 0 Å². The summed E-state index contributed by atoms with van der Waals surface area (Å²) < 4.78 is 10.7. The molecule has 0 fully saturated rings. The van der Waals surface area contributed by atoms with Crippen molar-refractivity contribution in [2.24, 2.45) is 10.8 Å². The third kappa shape index (κ3) is 9.80. The van der Waals surface area contributed by atoms with Crippen molar-refractivity contribution in [1.82, 2.24) is 4.98 Å². The van der Waals surface area contributed by atoms with Gasteiger partial charge in [0.1, 0.15) is 0 Å². The average molecular weight is 492 g/mol. The first-order valence-electron chi connectivity index (χ1n) is 12.6. The molecule has 1 aromatic rings. The minimum Gasteiger partial charge on any atom is -0.462 e. The predicted molar refractivity (Wildman–Crippen MR) is 145 cm³/mol. The van der Waals surface area contributed by atoms with E-state index in [9.17, 15) is 9.59 Å². The van der Waals surface area contributed by atoms with E-state index in [4.69, 9.17) is 9.47 Å². The van der Waals surface area contributed by atoms with Crippen molar-refractivity contribution in [3.8, 4) is 0 Å². The summed E-state index contributed by atoms with van der Waals surface area (Å²) in [5.41, 5.74) is 4.96. The topological polar surface area (TPSA) is 65.5 Å². The lowest BCUT2D eigenvalue weighted by molar-refractivity contribution is -0.141. The van der Waals surface area contributed by atoms with Crippen LogP contribution < -0.4 is 0 Å². The van der Waals surface area contributed by atoms with Crippen LogP contribution in [-0.4, -0.2) is 30.1 Å². The van der Waals surface area contributed by atoms with Gasteiger partial charge >= 0.3 is 11.9 Å². The van der Waals surface area contributed by atoms with Crippen LogP contribution in [0.4, 0.5) is 0 Å². The number of carbonyl (C=O) groups is 2. The fourth-order valence-electron chi connectivity index (χ4n) is 4.04. The zero-order valence-corrected chi connectivity index (χ0v) is 22.9. The molecule has 0 bridgehead atoms. The van der Waals surface area contributed by atoms with Crippen LogP contribution in [0.1, 0.15) is 78.1 Å². The molecule has 0 aliphatic heterocycles. The predicted octanol–water partition coefficient (Wildman–Crippen LogP) is 7.34. The van der Waals surface area contributed by atoms with Crippen LogP contribution in [0, 0.1) is 10.8 Å². The molecule has 0 saturated heterocycles. The Morgan fingerprint density at radius 2 is 1.83 bits per heavy atom. The normalized spacial score (nSPS) is 17.1. The number of ether oxygens (including phenoxy) is 2. The Hall–Kier alpha value is -3.21. The maximum atomic E-state index is 12.2. The maximum absolute atomic E-state index is 12.2. The lowest BCUT2D eigenvalue weighted by atomic mass is 9.72. The van der Waals surface area contributed by atoms with E-state index in [0.717, 1.165) is 11.1 Å². The number of allylic oxidation sites excluding steroid dienone is 9. The number of rotatable bonds is 10. The Labute approximate surface area is 216 Å². The molecule has 0 aromatic carbocycles. The van der Waals surface area contributed by atoms with Gasteiger partial charge < -0.3 is 9.47 Å². The average Bonchev–Trinajstić information content (AvgIpc) is 2.81. The number of hydrogen-bond acceptors (Lipinski definition) is 5. The molecule has 0 saturated carbocycles. The van der Waals surface area contributed by atoms with Crippen molar-refractivity contribution < 1.29 is 19.1 Å². The van der Waals surface area contributed by atoms with Crippen LogP contribution in [0.5, 0.6) is 0 Å². The summed E-state index contributed by atoms with van der Waals surface area (Å²) in [7, 11) is 0. The minimum absolute atomic E-state index is 0.127. The van der Waals surface area contributed by atoms with Gasteiger partial charge in [0.25, 0.3) is 0 Å². The van der Waals surface area contributed by atoms with E-state index in [1.807, 2.05) is 39.0 Å². The minimum atomic E-state index is -0.516. The highest BCUT2D eigenvalue weighted by Crippen LogP contribution is 2.40. The molecule has 1 heterocycles. The van der Waals surface area contributed by atoms with Gasteiger partial charge in [-0.05, 0) is 68.7 Å². The van der Waals surface area contributed by atoms with Crippen LogP contribution in [0.3, 0.4) is 0 Å². The summed E-state index contributed by atoms with van der Waals surface area (Å²) in [6.45, 7) is 14.8. The Morgan fingerprint density at radius 3 is 2.50 bits per heavy atom. The van der Waals surface area contributed by atoms with E-state index in [1.165, 1.54) is 42.7 Å². The molecule has 0 radical (unpaired) electrons. The fraction of sp³-hybridized carbons (Fsp3) is 0.452. The summed E-state index contributed by atoms with van der Waals surface area (Å²) in [5, 5.41) is 0.